The minimum atomic E-state index is -0.628. The molecule has 0 bridgehead atoms. The number of carbonyl (C=O) groups is 1. The highest BCUT2D eigenvalue weighted by Crippen LogP contribution is 2.06. The summed E-state index contributed by atoms with van der Waals surface area (Å²) in [5.41, 5.74) is -0.419. The Morgan fingerprint density at radius 2 is 2.00 bits per heavy atom. The average Bonchev–Trinajstić information content (AvgIpc) is 1.98. The average molecular weight is 211 g/mol. The van der Waals surface area contributed by atoms with Gasteiger partial charge in [-0.15, -0.1) is 0 Å². The number of hydrogen-bond acceptors (Lipinski definition) is 4. The summed E-state index contributed by atoms with van der Waals surface area (Å²) in [7, 11) is 3.52. The normalized spacial score (nSPS) is 11.6. The second kappa shape index (κ2) is 5.25. The zero-order valence-corrected chi connectivity index (χ0v) is 9.79. The van der Waals surface area contributed by atoms with E-state index in [-0.39, 0.29) is 5.70 Å². The Hall–Kier alpha value is -1.70. The Morgan fingerprint density at radius 3 is 2.33 bits per heavy atom. The Kier molecular flexibility index (Phi) is 4.65. The molecule has 1 N–H and O–H groups in total. The lowest BCUT2D eigenvalue weighted by Gasteiger charge is -2.19. The number of nitrogens with one attached hydrogen (secondary N) is 1. The third-order valence-electron chi connectivity index (χ3n) is 1.14. The van der Waals surface area contributed by atoms with Gasteiger partial charge < -0.3 is 9.64 Å². The molecule has 0 fully saturated rings. The molecule has 0 spiro atoms. The molecular formula is C10H17N3O2. The molecule has 0 saturated heterocycles. The van der Waals surface area contributed by atoms with Crippen LogP contribution in [0.2, 0.25) is 0 Å². The molecule has 0 radical (unpaired) electrons. The summed E-state index contributed by atoms with van der Waals surface area (Å²) in [6.07, 6.45) is 0.876. The third kappa shape index (κ3) is 7.38. The van der Waals surface area contributed by atoms with Gasteiger partial charge in [0.15, 0.2) is 0 Å². The van der Waals surface area contributed by atoms with Gasteiger partial charge in [-0.2, -0.15) is 5.26 Å². The predicted octanol–water partition coefficient (Wildman–Crippen LogP) is 1.44. The number of allylic oxidation sites excluding steroid dienone is 1. The largest absolute Gasteiger partial charge is 0.444 e. The lowest BCUT2D eigenvalue weighted by Crippen LogP contribution is -2.32. The van der Waals surface area contributed by atoms with E-state index in [9.17, 15) is 4.79 Å². The van der Waals surface area contributed by atoms with Crippen LogP contribution < -0.4 is 5.32 Å². The van der Waals surface area contributed by atoms with E-state index in [2.05, 4.69) is 5.32 Å². The fraction of sp³-hybridized carbons (Fsp3) is 0.600. The van der Waals surface area contributed by atoms with Crippen molar-refractivity contribution in [2.45, 2.75) is 26.4 Å². The lowest BCUT2D eigenvalue weighted by atomic mass is 10.2. The van der Waals surface area contributed by atoms with Crippen LogP contribution >= 0.6 is 0 Å². The summed E-state index contributed by atoms with van der Waals surface area (Å²) in [6.45, 7) is 5.27. The van der Waals surface area contributed by atoms with E-state index in [1.807, 2.05) is 6.07 Å². The molecule has 0 rings (SSSR count). The number of carbonyl (C=O) groups excluding carboxylic acids is 1. The summed E-state index contributed by atoms with van der Waals surface area (Å²) in [5, 5.41) is 11.1. The third-order valence-corrected chi connectivity index (χ3v) is 1.14. The molecule has 0 heterocycles. The molecule has 84 valence electrons. The van der Waals surface area contributed by atoms with Crippen molar-refractivity contribution in [1.29, 1.82) is 5.26 Å². The van der Waals surface area contributed by atoms with Crippen LogP contribution in [0.25, 0.3) is 0 Å². The molecule has 0 aromatic rings. The first kappa shape index (κ1) is 13.3. The quantitative estimate of drug-likeness (QED) is 0.702. The smallest absolute Gasteiger partial charge is 0.412 e. The van der Waals surface area contributed by atoms with Crippen LogP contribution in [0, 0.1) is 11.3 Å². The molecule has 5 heteroatoms. The van der Waals surface area contributed by atoms with Crippen molar-refractivity contribution in [2.24, 2.45) is 0 Å². The molecule has 0 saturated carbocycles. The summed E-state index contributed by atoms with van der Waals surface area (Å²) in [6, 6.07) is 1.86. The SMILES string of the molecule is CN(C)/C=C(\C#N)NC(=O)OC(C)(C)C. The standard InChI is InChI=1S/C10H17N3O2/c1-10(2,3)15-9(14)12-8(6-11)7-13(4)5/h7H,1-5H3,(H,12,14)/b8-7+. The molecule has 5 nitrogen and oxygen atoms in total. The molecule has 0 aliphatic rings. The molecule has 0 atom stereocenters. The summed E-state index contributed by atoms with van der Waals surface area (Å²) < 4.78 is 4.99. The van der Waals surface area contributed by atoms with Crippen molar-refractivity contribution in [2.75, 3.05) is 14.1 Å². The van der Waals surface area contributed by atoms with Crippen molar-refractivity contribution in [3.63, 3.8) is 0 Å². The monoisotopic (exact) mass is 211 g/mol. The number of nitriles is 1. The second-order valence-electron chi connectivity index (χ2n) is 4.25. The van der Waals surface area contributed by atoms with Crippen LogP contribution in [0.1, 0.15) is 20.8 Å². The molecule has 0 aromatic heterocycles. The molecule has 0 aromatic carbocycles. The Balaban J connectivity index is 4.35. The van der Waals surface area contributed by atoms with Gasteiger partial charge in [-0.05, 0) is 20.8 Å². The zero-order valence-electron chi connectivity index (χ0n) is 9.79. The maximum atomic E-state index is 11.3. The molecular weight excluding hydrogens is 194 g/mol. The summed E-state index contributed by atoms with van der Waals surface area (Å²) in [4.78, 5) is 12.9. The lowest BCUT2D eigenvalue weighted by molar-refractivity contribution is 0.0547. The van der Waals surface area contributed by atoms with E-state index in [0.29, 0.717) is 0 Å². The van der Waals surface area contributed by atoms with Gasteiger partial charge in [-0.1, -0.05) is 0 Å². The maximum Gasteiger partial charge on any atom is 0.412 e. The Labute approximate surface area is 90.3 Å². The second-order valence-corrected chi connectivity index (χ2v) is 4.25. The highest BCUT2D eigenvalue weighted by molar-refractivity contribution is 5.70. The minimum Gasteiger partial charge on any atom is -0.444 e. The van der Waals surface area contributed by atoms with Gasteiger partial charge in [0, 0.05) is 20.3 Å². The van der Waals surface area contributed by atoms with E-state index in [1.54, 1.807) is 39.8 Å². The predicted molar refractivity (Wildman–Crippen MR) is 56.8 cm³/mol. The fourth-order valence-corrected chi connectivity index (χ4v) is 0.761. The number of nitrogens with zero attached hydrogens (tertiary/aromatic N) is 2. The maximum absolute atomic E-state index is 11.3. The summed E-state index contributed by atoms with van der Waals surface area (Å²) in [5.74, 6) is 0. The highest BCUT2D eigenvalue weighted by atomic mass is 16.6. The number of ether oxygens (including phenoxy) is 1. The Morgan fingerprint density at radius 1 is 1.47 bits per heavy atom. The van der Waals surface area contributed by atoms with Crippen LogP contribution in [0.4, 0.5) is 4.79 Å². The van der Waals surface area contributed by atoms with E-state index < -0.39 is 11.7 Å². The van der Waals surface area contributed by atoms with Crippen LogP contribution in [-0.4, -0.2) is 30.7 Å². The summed E-state index contributed by atoms with van der Waals surface area (Å²) >= 11 is 0. The number of hydrogen-bond donors (Lipinski definition) is 1. The van der Waals surface area contributed by atoms with Gasteiger partial charge in [0.1, 0.15) is 17.4 Å². The number of alkyl carbamates (subject to hydrolysis) is 1. The van der Waals surface area contributed by atoms with Gasteiger partial charge >= 0.3 is 6.09 Å². The molecule has 0 aliphatic heterocycles. The zero-order chi connectivity index (χ0) is 12.1. The molecule has 0 unspecified atom stereocenters. The van der Waals surface area contributed by atoms with Gasteiger partial charge in [0.05, 0.1) is 0 Å². The number of rotatable bonds is 2. The topological polar surface area (TPSA) is 65.4 Å². The Bertz CT molecular complexity index is 295. The van der Waals surface area contributed by atoms with Gasteiger partial charge in [0.2, 0.25) is 0 Å². The van der Waals surface area contributed by atoms with Crippen molar-refractivity contribution in [3.8, 4) is 6.07 Å². The fourth-order valence-electron chi connectivity index (χ4n) is 0.761. The number of amides is 1. The van der Waals surface area contributed by atoms with E-state index in [1.165, 1.54) is 6.20 Å². The molecule has 0 aliphatic carbocycles. The van der Waals surface area contributed by atoms with E-state index in [0.717, 1.165) is 0 Å². The molecule has 1 amide bonds. The first-order valence-electron chi connectivity index (χ1n) is 4.53. The van der Waals surface area contributed by atoms with Crippen molar-refractivity contribution in [1.82, 2.24) is 10.2 Å². The van der Waals surface area contributed by atoms with Crippen molar-refractivity contribution < 1.29 is 9.53 Å². The first-order valence-corrected chi connectivity index (χ1v) is 4.53. The van der Waals surface area contributed by atoms with Crippen molar-refractivity contribution >= 4 is 6.09 Å². The van der Waals surface area contributed by atoms with E-state index in [4.69, 9.17) is 10.00 Å². The van der Waals surface area contributed by atoms with Gasteiger partial charge in [0.25, 0.3) is 0 Å². The minimum absolute atomic E-state index is 0.147. The van der Waals surface area contributed by atoms with Gasteiger partial charge in [-0.3, -0.25) is 5.32 Å². The van der Waals surface area contributed by atoms with Gasteiger partial charge in [-0.25, -0.2) is 4.79 Å². The van der Waals surface area contributed by atoms with Crippen LogP contribution in [0.5, 0.6) is 0 Å². The van der Waals surface area contributed by atoms with Crippen LogP contribution in [0.15, 0.2) is 11.9 Å². The first-order chi connectivity index (χ1) is 6.74. The van der Waals surface area contributed by atoms with Crippen LogP contribution in [-0.2, 0) is 4.74 Å². The molecule has 15 heavy (non-hydrogen) atoms. The van der Waals surface area contributed by atoms with Crippen molar-refractivity contribution in [3.05, 3.63) is 11.9 Å². The van der Waals surface area contributed by atoms with Crippen LogP contribution in [0.3, 0.4) is 0 Å². The highest BCUT2D eigenvalue weighted by Gasteiger charge is 2.16. The van der Waals surface area contributed by atoms with E-state index >= 15 is 0 Å².